The molecular weight excluding hydrogens is 424 g/mol. The van der Waals surface area contributed by atoms with Crippen molar-refractivity contribution < 1.29 is 9.53 Å². The first kappa shape index (κ1) is 20.5. The Balaban J connectivity index is 1.28. The van der Waals surface area contributed by atoms with E-state index in [0.29, 0.717) is 17.3 Å². The molecule has 5 rings (SSSR count). The smallest absolute Gasteiger partial charge is 0.268 e. The third-order valence-electron chi connectivity index (χ3n) is 5.89. The van der Waals surface area contributed by atoms with Crippen molar-refractivity contribution in [3.05, 3.63) is 75.8 Å². The van der Waals surface area contributed by atoms with E-state index in [-0.39, 0.29) is 12.0 Å². The number of ether oxygens (including phenoxy) is 1. The van der Waals surface area contributed by atoms with Crippen LogP contribution in [-0.2, 0) is 6.42 Å². The molecule has 1 aliphatic rings. The summed E-state index contributed by atoms with van der Waals surface area (Å²) in [5.74, 6) is 0.698. The van der Waals surface area contributed by atoms with Crippen molar-refractivity contribution in [3.63, 3.8) is 0 Å². The molecule has 0 spiro atoms. The Kier molecular flexibility index (Phi) is 5.10. The second-order valence-electron chi connectivity index (χ2n) is 8.24. The van der Waals surface area contributed by atoms with E-state index in [9.17, 15) is 4.79 Å². The summed E-state index contributed by atoms with van der Waals surface area (Å²) >= 11 is 6.10. The normalized spacial score (nSPS) is 14.9. The number of aromatic amines is 1. The molecule has 1 aliphatic heterocycles. The number of hydrogen-bond acceptors (Lipinski definition) is 4. The lowest BCUT2D eigenvalue weighted by atomic mass is 10.0. The van der Waals surface area contributed by atoms with Gasteiger partial charge in [0.1, 0.15) is 17.5 Å². The van der Waals surface area contributed by atoms with Crippen LogP contribution in [0.3, 0.4) is 0 Å². The Bertz CT molecular complexity index is 1360. The molecule has 3 heterocycles. The van der Waals surface area contributed by atoms with Crippen molar-refractivity contribution in [1.82, 2.24) is 20.3 Å². The van der Waals surface area contributed by atoms with Crippen LogP contribution in [0.15, 0.2) is 42.6 Å². The number of H-pyrrole nitrogens is 1. The molecule has 1 atom stereocenters. The Morgan fingerprint density at radius 3 is 2.91 bits per heavy atom. The number of halogens is 1. The highest BCUT2D eigenvalue weighted by Crippen LogP contribution is 2.33. The Labute approximate surface area is 191 Å². The van der Waals surface area contributed by atoms with Gasteiger partial charge in [-0.3, -0.25) is 9.78 Å². The fourth-order valence-electron chi connectivity index (χ4n) is 4.21. The summed E-state index contributed by atoms with van der Waals surface area (Å²) in [4.78, 5) is 25.1. The second-order valence-corrected chi connectivity index (χ2v) is 8.67. The van der Waals surface area contributed by atoms with E-state index in [4.69, 9.17) is 16.3 Å². The lowest BCUT2D eigenvalue weighted by Gasteiger charge is -2.11. The average molecular weight is 447 g/mol. The van der Waals surface area contributed by atoms with Gasteiger partial charge in [-0.25, -0.2) is 4.98 Å². The third kappa shape index (κ3) is 3.71. The molecule has 32 heavy (non-hydrogen) atoms. The van der Waals surface area contributed by atoms with Crippen LogP contribution in [0.25, 0.3) is 22.2 Å². The quantitative estimate of drug-likeness (QED) is 0.465. The van der Waals surface area contributed by atoms with Gasteiger partial charge in [-0.05, 0) is 68.3 Å². The molecule has 0 saturated carbocycles. The zero-order chi connectivity index (χ0) is 22.4. The van der Waals surface area contributed by atoms with Crippen LogP contribution in [-0.4, -0.2) is 33.5 Å². The molecule has 0 radical (unpaired) electrons. The Morgan fingerprint density at radius 2 is 2.06 bits per heavy atom. The van der Waals surface area contributed by atoms with Gasteiger partial charge in [0.15, 0.2) is 0 Å². The Hall–Kier alpha value is -3.38. The number of fused-ring (bicyclic) bond motifs is 2. The van der Waals surface area contributed by atoms with Crippen LogP contribution in [0.4, 0.5) is 0 Å². The number of nitrogens with one attached hydrogen (secondary N) is 2. The molecule has 162 valence electrons. The summed E-state index contributed by atoms with van der Waals surface area (Å²) in [6.45, 7) is 6.24. The summed E-state index contributed by atoms with van der Waals surface area (Å²) in [7, 11) is 0. The van der Waals surface area contributed by atoms with E-state index in [1.165, 1.54) is 0 Å². The second kappa shape index (κ2) is 7.95. The maximum atomic E-state index is 12.8. The zero-order valence-corrected chi connectivity index (χ0v) is 18.9. The van der Waals surface area contributed by atoms with E-state index in [2.05, 4.69) is 26.3 Å². The number of amides is 1. The number of hydrogen-bond donors (Lipinski definition) is 2. The molecule has 0 aliphatic carbocycles. The molecule has 7 heteroatoms. The van der Waals surface area contributed by atoms with Crippen molar-refractivity contribution in [2.24, 2.45) is 0 Å². The maximum Gasteiger partial charge on any atom is 0.268 e. The minimum absolute atomic E-state index is 0.118. The lowest BCUT2D eigenvalue weighted by Crippen LogP contribution is -2.34. The van der Waals surface area contributed by atoms with Gasteiger partial charge in [0.05, 0.1) is 23.6 Å². The van der Waals surface area contributed by atoms with E-state index in [0.717, 1.165) is 56.8 Å². The average Bonchev–Trinajstić information content (AvgIpc) is 3.34. The first-order valence-corrected chi connectivity index (χ1v) is 10.9. The van der Waals surface area contributed by atoms with Crippen LogP contribution in [0.1, 0.15) is 33.0 Å². The summed E-state index contributed by atoms with van der Waals surface area (Å²) in [5, 5.41) is 4.61. The van der Waals surface area contributed by atoms with Crippen molar-refractivity contribution in [2.45, 2.75) is 33.3 Å². The SMILES string of the molecule is Cc1cnc(C)c(-c2ccc3c(c2)CC(CNC(=O)c2[nH]c4ccc(Cl)cc4c2C)O3)n1. The van der Waals surface area contributed by atoms with E-state index >= 15 is 0 Å². The van der Waals surface area contributed by atoms with Crippen molar-refractivity contribution in [1.29, 1.82) is 0 Å². The van der Waals surface area contributed by atoms with Gasteiger partial charge in [0.25, 0.3) is 5.91 Å². The highest BCUT2D eigenvalue weighted by atomic mass is 35.5. The molecule has 0 bridgehead atoms. The van der Waals surface area contributed by atoms with Crippen LogP contribution < -0.4 is 10.1 Å². The molecule has 2 aromatic carbocycles. The van der Waals surface area contributed by atoms with Gasteiger partial charge in [-0.1, -0.05) is 11.6 Å². The summed E-state index contributed by atoms with van der Waals surface area (Å²) in [6, 6.07) is 11.7. The number of carbonyl (C=O) groups excluding carboxylic acids is 1. The molecule has 0 saturated heterocycles. The summed E-state index contributed by atoms with van der Waals surface area (Å²) in [6.07, 6.45) is 2.38. The minimum Gasteiger partial charge on any atom is -0.488 e. The summed E-state index contributed by atoms with van der Waals surface area (Å²) in [5.41, 5.74) is 7.13. The first-order valence-electron chi connectivity index (χ1n) is 10.6. The largest absolute Gasteiger partial charge is 0.488 e. The molecule has 1 unspecified atom stereocenters. The molecule has 6 nitrogen and oxygen atoms in total. The van der Waals surface area contributed by atoms with Crippen LogP contribution in [0.2, 0.25) is 5.02 Å². The number of carbonyl (C=O) groups is 1. The number of aryl methyl sites for hydroxylation is 3. The van der Waals surface area contributed by atoms with Gasteiger partial charge in [0, 0.05) is 34.1 Å². The van der Waals surface area contributed by atoms with Crippen LogP contribution in [0.5, 0.6) is 5.75 Å². The predicted molar refractivity (Wildman–Crippen MR) is 125 cm³/mol. The van der Waals surface area contributed by atoms with Gasteiger partial charge in [0.2, 0.25) is 0 Å². The molecule has 2 aromatic heterocycles. The van der Waals surface area contributed by atoms with Crippen LogP contribution >= 0.6 is 11.6 Å². The fourth-order valence-corrected chi connectivity index (χ4v) is 4.39. The Morgan fingerprint density at radius 1 is 1.22 bits per heavy atom. The molecule has 1 amide bonds. The summed E-state index contributed by atoms with van der Waals surface area (Å²) < 4.78 is 6.06. The van der Waals surface area contributed by atoms with E-state index in [1.54, 1.807) is 6.20 Å². The molecule has 4 aromatic rings. The maximum absolute atomic E-state index is 12.8. The van der Waals surface area contributed by atoms with E-state index in [1.807, 2.05) is 51.1 Å². The van der Waals surface area contributed by atoms with Gasteiger partial charge < -0.3 is 15.0 Å². The third-order valence-corrected chi connectivity index (χ3v) is 6.12. The van der Waals surface area contributed by atoms with Gasteiger partial charge in [-0.2, -0.15) is 0 Å². The topological polar surface area (TPSA) is 79.9 Å². The van der Waals surface area contributed by atoms with Crippen molar-refractivity contribution in [3.8, 4) is 17.0 Å². The monoisotopic (exact) mass is 446 g/mol. The fraction of sp³-hybridized carbons (Fsp3) is 0.240. The lowest BCUT2D eigenvalue weighted by molar-refractivity contribution is 0.0929. The van der Waals surface area contributed by atoms with E-state index < -0.39 is 0 Å². The number of rotatable bonds is 4. The molecular formula is C25H23ClN4O2. The number of benzene rings is 2. The number of nitrogens with zero attached hydrogens (tertiary/aromatic N) is 2. The molecule has 0 fully saturated rings. The highest BCUT2D eigenvalue weighted by Gasteiger charge is 2.25. The van der Waals surface area contributed by atoms with Gasteiger partial charge >= 0.3 is 0 Å². The first-order chi connectivity index (χ1) is 15.4. The standard InChI is InChI=1S/C25H23ClN4O2/c1-13-11-27-15(3)24(29-13)16-4-7-22-17(8-16)9-19(32-22)12-28-25(31)23-14(2)20-10-18(26)5-6-21(20)30-23/h4-8,10-11,19,30H,9,12H2,1-3H3,(H,28,31). The van der Waals surface area contributed by atoms with Crippen molar-refractivity contribution >= 4 is 28.4 Å². The zero-order valence-electron chi connectivity index (χ0n) is 18.1. The predicted octanol–water partition coefficient (Wildman–Crippen LogP) is 4.94. The van der Waals surface area contributed by atoms with Crippen LogP contribution in [0, 0.1) is 20.8 Å². The highest BCUT2D eigenvalue weighted by molar-refractivity contribution is 6.31. The van der Waals surface area contributed by atoms with Crippen molar-refractivity contribution in [2.75, 3.05) is 6.54 Å². The molecule has 2 N–H and O–H groups in total. The minimum atomic E-state index is -0.152. The van der Waals surface area contributed by atoms with Gasteiger partial charge in [-0.15, -0.1) is 0 Å². The number of aromatic nitrogens is 3.